The molecular formula is C22H18BrCl2N3O. The summed E-state index contributed by atoms with van der Waals surface area (Å²) in [5.74, 6) is -0.347. The number of benzene rings is 3. The summed E-state index contributed by atoms with van der Waals surface area (Å²) >= 11 is 15.7. The molecule has 3 aromatic carbocycles. The van der Waals surface area contributed by atoms with Crippen molar-refractivity contribution in [2.24, 2.45) is 0 Å². The lowest BCUT2D eigenvalue weighted by molar-refractivity contribution is -0.112. The lowest BCUT2D eigenvalue weighted by Gasteiger charge is -2.17. The zero-order valence-electron chi connectivity index (χ0n) is 15.5. The van der Waals surface area contributed by atoms with Crippen LogP contribution in [0.4, 0.5) is 17.1 Å². The summed E-state index contributed by atoms with van der Waals surface area (Å²) in [6.45, 7) is 1.83. The first-order chi connectivity index (χ1) is 13.9. The van der Waals surface area contributed by atoms with Crippen LogP contribution in [0.2, 0.25) is 10.0 Å². The van der Waals surface area contributed by atoms with Crippen LogP contribution in [-0.4, -0.2) is 5.91 Å². The minimum Gasteiger partial charge on any atom is -0.357 e. The van der Waals surface area contributed by atoms with Gasteiger partial charge in [-0.05, 0) is 61.5 Å². The molecule has 0 aromatic heterocycles. The van der Waals surface area contributed by atoms with E-state index in [2.05, 4.69) is 31.9 Å². The number of para-hydroxylation sites is 1. The van der Waals surface area contributed by atoms with E-state index in [9.17, 15) is 4.79 Å². The summed E-state index contributed by atoms with van der Waals surface area (Å²) in [7, 11) is 0. The van der Waals surface area contributed by atoms with Crippen LogP contribution in [-0.2, 0) is 4.79 Å². The SMILES string of the molecule is C/C(Nc1ccc(Br)cc1)=C(\Nc1ccccc1)C(=O)Nc1cc(Cl)ccc1Cl. The molecule has 4 nitrogen and oxygen atoms in total. The predicted octanol–water partition coefficient (Wildman–Crippen LogP) is 7.15. The Labute approximate surface area is 188 Å². The second-order valence-corrected chi connectivity index (χ2v) is 7.96. The molecule has 7 heteroatoms. The van der Waals surface area contributed by atoms with Crippen LogP contribution in [0.3, 0.4) is 0 Å². The zero-order valence-corrected chi connectivity index (χ0v) is 18.6. The first-order valence-corrected chi connectivity index (χ1v) is 10.3. The molecule has 29 heavy (non-hydrogen) atoms. The van der Waals surface area contributed by atoms with Crippen LogP contribution in [0.25, 0.3) is 0 Å². The number of carbonyl (C=O) groups excluding carboxylic acids is 1. The van der Waals surface area contributed by atoms with Gasteiger partial charge in [0.15, 0.2) is 0 Å². The van der Waals surface area contributed by atoms with E-state index in [0.29, 0.717) is 27.1 Å². The third kappa shape index (κ3) is 6.00. The van der Waals surface area contributed by atoms with Crippen molar-refractivity contribution in [2.75, 3.05) is 16.0 Å². The number of carbonyl (C=O) groups is 1. The fourth-order valence-electron chi connectivity index (χ4n) is 2.58. The quantitative estimate of drug-likeness (QED) is 0.321. The first kappa shape index (κ1) is 21.2. The molecule has 0 aliphatic heterocycles. The van der Waals surface area contributed by atoms with Gasteiger partial charge in [0.05, 0.1) is 10.7 Å². The van der Waals surface area contributed by atoms with E-state index in [1.807, 2.05) is 61.5 Å². The molecule has 0 fully saturated rings. The maximum Gasteiger partial charge on any atom is 0.273 e. The molecule has 3 rings (SSSR count). The van der Waals surface area contributed by atoms with Crippen molar-refractivity contribution in [3.05, 3.63) is 98.7 Å². The van der Waals surface area contributed by atoms with Crippen LogP contribution in [0, 0.1) is 0 Å². The molecule has 0 aliphatic rings. The lowest BCUT2D eigenvalue weighted by atomic mass is 10.2. The number of hydrogen-bond donors (Lipinski definition) is 3. The minimum absolute atomic E-state index is 0.347. The van der Waals surface area contributed by atoms with Gasteiger partial charge in [-0.1, -0.05) is 57.3 Å². The van der Waals surface area contributed by atoms with Gasteiger partial charge >= 0.3 is 0 Å². The number of amides is 1. The molecule has 0 unspecified atom stereocenters. The van der Waals surface area contributed by atoms with Crippen LogP contribution in [0.5, 0.6) is 0 Å². The van der Waals surface area contributed by atoms with Crippen LogP contribution in [0.15, 0.2) is 88.7 Å². The number of halogens is 3. The Morgan fingerprint density at radius 1 is 0.828 bits per heavy atom. The average Bonchev–Trinajstić information content (AvgIpc) is 2.71. The highest BCUT2D eigenvalue weighted by Crippen LogP contribution is 2.26. The molecule has 0 saturated heterocycles. The largest absolute Gasteiger partial charge is 0.357 e. The molecular weight excluding hydrogens is 473 g/mol. The number of nitrogens with one attached hydrogen (secondary N) is 3. The Morgan fingerprint density at radius 2 is 1.48 bits per heavy atom. The third-order valence-corrected chi connectivity index (χ3v) is 5.09. The van der Waals surface area contributed by atoms with Crippen molar-refractivity contribution in [2.45, 2.75) is 6.92 Å². The Morgan fingerprint density at radius 3 is 2.17 bits per heavy atom. The summed E-state index contributed by atoms with van der Waals surface area (Å²) in [5.41, 5.74) is 3.08. The molecule has 0 atom stereocenters. The Balaban J connectivity index is 1.91. The molecule has 148 valence electrons. The van der Waals surface area contributed by atoms with Gasteiger partial charge in [0.2, 0.25) is 0 Å². The van der Waals surface area contributed by atoms with E-state index in [-0.39, 0.29) is 5.91 Å². The predicted molar refractivity (Wildman–Crippen MR) is 126 cm³/mol. The van der Waals surface area contributed by atoms with Gasteiger partial charge in [0.25, 0.3) is 5.91 Å². The zero-order chi connectivity index (χ0) is 20.8. The van der Waals surface area contributed by atoms with Crippen molar-refractivity contribution in [3.63, 3.8) is 0 Å². The summed E-state index contributed by atoms with van der Waals surface area (Å²) in [4.78, 5) is 13.1. The van der Waals surface area contributed by atoms with E-state index in [0.717, 1.165) is 15.8 Å². The summed E-state index contributed by atoms with van der Waals surface area (Å²) < 4.78 is 0.973. The smallest absolute Gasteiger partial charge is 0.273 e. The van der Waals surface area contributed by atoms with Gasteiger partial charge in [0.1, 0.15) is 5.70 Å². The maximum absolute atomic E-state index is 13.1. The Hall–Kier alpha value is -2.47. The van der Waals surface area contributed by atoms with Crippen LogP contribution >= 0.6 is 39.1 Å². The molecule has 0 bridgehead atoms. The highest BCUT2D eigenvalue weighted by Gasteiger charge is 2.16. The van der Waals surface area contributed by atoms with Gasteiger partial charge in [-0.15, -0.1) is 0 Å². The van der Waals surface area contributed by atoms with Crippen molar-refractivity contribution in [3.8, 4) is 0 Å². The fourth-order valence-corrected chi connectivity index (χ4v) is 3.18. The molecule has 0 spiro atoms. The van der Waals surface area contributed by atoms with Crippen molar-refractivity contribution >= 4 is 62.1 Å². The fraction of sp³-hybridized carbons (Fsp3) is 0.0455. The third-order valence-electron chi connectivity index (χ3n) is 4.00. The molecule has 0 heterocycles. The topological polar surface area (TPSA) is 53.2 Å². The number of rotatable bonds is 6. The molecule has 0 radical (unpaired) electrons. The molecule has 0 aliphatic carbocycles. The lowest BCUT2D eigenvalue weighted by Crippen LogP contribution is -2.23. The highest BCUT2D eigenvalue weighted by atomic mass is 79.9. The Bertz CT molecular complexity index is 1040. The van der Waals surface area contributed by atoms with E-state index in [1.54, 1.807) is 18.2 Å². The average molecular weight is 491 g/mol. The van der Waals surface area contributed by atoms with E-state index >= 15 is 0 Å². The van der Waals surface area contributed by atoms with E-state index in [1.165, 1.54) is 0 Å². The monoisotopic (exact) mass is 489 g/mol. The van der Waals surface area contributed by atoms with Crippen LogP contribution in [0.1, 0.15) is 6.92 Å². The second-order valence-electron chi connectivity index (χ2n) is 6.20. The Kier molecular flexibility index (Phi) is 7.20. The number of allylic oxidation sites excluding steroid dienone is 1. The van der Waals surface area contributed by atoms with Crippen molar-refractivity contribution < 1.29 is 4.79 Å². The minimum atomic E-state index is -0.347. The summed E-state index contributed by atoms with van der Waals surface area (Å²) in [6.07, 6.45) is 0. The maximum atomic E-state index is 13.1. The van der Waals surface area contributed by atoms with Crippen molar-refractivity contribution in [1.82, 2.24) is 0 Å². The second kappa shape index (κ2) is 9.83. The van der Waals surface area contributed by atoms with Gasteiger partial charge in [-0.3, -0.25) is 4.79 Å². The standard InChI is InChI=1S/C22H18BrCl2N3O/c1-14(26-18-10-7-15(23)8-11-18)21(27-17-5-3-2-4-6-17)22(29)28-20-13-16(24)9-12-19(20)25/h2-13,26-27H,1H3,(H,28,29)/b21-14+. The number of anilines is 3. The van der Waals surface area contributed by atoms with Gasteiger partial charge < -0.3 is 16.0 Å². The summed E-state index contributed by atoms with van der Waals surface area (Å²) in [5, 5.41) is 10.2. The molecule has 1 amide bonds. The molecule has 3 N–H and O–H groups in total. The van der Waals surface area contributed by atoms with Crippen LogP contribution < -0.4 is 16.0 Å². The van der Waals surface area contributed by atoms with Crippen molar-refractivity contribution in [1.29, 1.82) is 0 Å². The normalized spacial score (nSPS) is 11.4. The first-order valence-electron chi connectivity index (χ1n) is 8.74. The number of hydrogen-bond acceptors (Lipinski definition) is 3. The van der Waals surface area contributed by atoms with Gasteiger partial charge in [-0.2, -0.15) is 0 Å². The van der Waals surface area contributed by atoms with E-state index < -0.39 is 0 Å². The van der Waals surface area contributed by atoms with Gasteiger partial charge in [-0.25, -0.2) is 0 Å². The summed E-state index contributed by atoms with van der Waals surface area (Å²) in [6, 6.07) is 22.0. The van der Waals surface area contributed by atoms with E-state index in [4.69, 9.17) is 23.2 Å². The van der Waals surface area contributed by atoms with Gasteiger partial charge in [0, 0.05) is 26.6 Å². The highest BCUT2D eigenvalue weighted by molar-refractivity contribution is 9.10. The molecule has 0 saturated carbocycles. The molecule has 3 aromatic rings.